The molecule has 1 heterocycles. The molecule has 1 aromatic heterocycles. The maximum absolute atomic E-state index is 12.6. The van der Waals surface area contributed by atoms with Crippen LogP contribution in [0.1, 0.15) is 18.1 Å². The maximum atomic E-state index is 12.6. The lowest BCUT2D eigenvalue weighted by atomic mass is 10.1. The Labute approximate surface area is 168 Å². The van der Waals surface area contributed by atoms with Gasteiger partial charge in [0.2, 0.25) is 5.82 Å². The highest BCUT2D eigenvalue weighted by Crippen LogP contribution is 2.33. The molecule has 0 bridgehead atoms. The number of carbonyl (C=O) groups is 1. The van der Waals surface area contributed by atoms with Crippen LogP contribution in [0.4, 0.5) is 5.82 Å². The third kappa shape index (κ3) is 4.66. The van der Waals surface area contributed by atoms with Gasteiger partial charge < -0.3 is 19.5 Å². The van der Waals surface area contributed by atoms with Gasteiger partial charge in [-0.05, 0) is 72.5 Å². The van der Waals surface area contributed by atoms with Gasteiger partial charge in [-0.15, -0.1) is 0 Å². The molecule has 0 unspecified atom stereocenters. The van der Waals surface area contributed by atoms with Crippen molar-refractivity contribution < 1.29 is 23.6 Å². The Morgan fingerprint density at radius 2 is 1.69 bits per heavy atom. The van der Waals surface area contributed by atoms with Crippen LogP contribution in [0.25, 0.3) is 11.3 Å². The molecule has 1 amide bonds. The van der Waals surface area contributed by atoms with E-state index in [4.69, 9.17) is 18.8 Å². The topological polar surface area (TPSA) is 95.7 Å². The minimum absolute atomic E-state index is 0.193. The molecule has 3 rings (SSSR count). The lowest BCUT2D eigenvalue weighted by Crippen LogP contribution is -2.30. The number of anilines is 1. The fourth-order valence-electron chi connectivity index (χ4n) is 2.92. The average molecular weight is 397 g/mol. The lowest BCUT2D eigenvalue weighted by molar-refractivity contribution is -0.122. The van der Waals surface area contributed by atoms with Gasteiger partial charge in [0.1, 0.15) is 5.75 Å². The first kappa shape index (κ1) is 20.2. The van der Waals surface area contributed by atoms with Crippen molar-refractivity contribution in [2.75, 3.05) is 19.5 Å². The number of hydrogen-bond acceptors (Lipinski definition) is 7. The standard InChI is InChI=1S/C21H23N3O5/c1-12-8-13(2)10-16(9-12)28-14(3)21(25)22-20-19(23-29-24-20)15-6-7-17(26-4)18(11-15)27-5/h6-11,14H,1-5H3,(H,22,24,25)/t14-/m0/s1. The molecule has 29 heavy (non-hydrogen) atoms. The van der Waals surface area contributed by atoms with E-state index in [1.165, 1.54) is 7.11 Å². The van der Waals surface area contributed by atoms with Gasteiger partial charge in [-0.25, -0.2) is 4.63 Å². The molecule has 0 aliphatic carbocycles. The normalized spacial score (nSPS) is 11.6. The molecule has 8 heteroatoms. The van der Waals surface area contributed by atoms with Crippen molar-refractivity contribution in [2.45, 2.75) is 26.9 Å². The summed E-state index contributed by atoms with van der Waals surface area (Å²) in [4.78, 5) is 12.6. The van der Waals surface area contributed by atoms with Gasteiger partial charge in [-0.3, -0.25) is 4.79 Å². The molecular weight excluding hydrogens is 374 g/mol. The van der Waals surface area contributed by atoms with Crippen LogP contribution in [-0.4, -0.2) is 36.5 Å². The summed E-state index contributed by atoms with van der Waals surface area (Å²) in [6.07, 6.45) is -0.744. The minimum Gasteiger partial charge on any atom is -0.493 e. The zero-order chi connectivity index (χ0) is 21.0. The highest BCUT2D eigenvalue weighted by atomic mass is 16.6. The Kier molecular flexibility index (Phi) is 6.01. The van der Waals surface area contributed by atoms with Crippen molar-refractivity contribution in [3.05, 3.63) is 47.5 Å². The molecular formula is C21H23N3O5. The van der Waals surface area contributed by atoms with Gasteiger partial charge in [0.25, 0.3) is 5.91 Å². The van der Waals surface area contributed by atoms with E-state index < -0.39 is 6.10 Å². The summed E-state index contributed by atoms with van der Waals surface area (Å²) in [7, 11) is 3.09. The van der Waals surface area contributed by atoms with Crippen LogP contribution >= 0.6 is 0 Å². The van der Waals surface area contributed by atoms with Crippen molar-refractivity contribution >= 4 is 11.7 Å². The van der Waals surface area contributed by atoms with Crippen LogP contribution in [0.3, 0.4) is 0 Å². The maximum Gasteiger partial charge on any atom is 0.266 e. The monoisotopic (exact) mass is 397 g/mol. The third-order valence-electron chi connectivity index (χ3n) is 4.26. The first-order chi connectivity index (χ1) is 13.9. The van der Waals surface area contributed by atoms with Gasteiger partial charge >= 0.3 is 0 Å². The summed E-state index contributed by atoms with van der Waals surface area (Å²) in [5.41, 5.74) is 3.15. The number of carbonyl (C=O) groups excluding carboxylic acids is 1. The number of ether oxygens (including phenoxy) is 3. The number of nitrogens with one attached hydrogen (secondary N) is 1. The molecule has 1 atom stereocenters. The summed E-state index contributed by atoms with van der Waals surface area (Å²) in [6, 6.07) is 11.0. The summed E-state index contributed by atoms with van der Waals surface area (Å²) >= 11 is 0. The van der Waals surface area contributed by atoms with E-state index in [2.05, 4.69) is 15.6 Å². The number of methoxy groups -OCH3 is 2. The van der Waals surface area contributed by atoms with Crippen molar-refractivity contribution in [1.82, 2.24) is 10.3 Å². The molecule has 0 aliphatic rings. The van der Waals surface area contributed by atoms with E-state index in [0.29, 0.717) is 28.5 Å². The van der Waals surface area contributed by atoms with Crippen LogP contribution in [0.5, 0.6) is 17.2 Å². The molecule has 3 aromatic rings. The largest absolute Gasteiger partial charge is 0.493 e. The molecule has 0 saturated heterocycles. The number of benzene rings is 2. The van der Waals surface area contributed by atoms with Gasteiger partial charge in [0, 0.05) is 5.56 Å². The molecule has 0 aliphatic heterocycles. The highest BCUT2D eigenvalue weighted by Gasteiger charge is 2.21. The lowest BCUT2D eigenvalue weighted by Gasteiger charge is -2.15. The van der Waals surface area contributed by atoms with Crippen LogP contribution < -0.4 is 19.5 Å². The average Bonchev–Trinajstić information content (AvgIpc) is 3.14. The van der Waals surface area contributed by atoms with Crippen molar-refractivity contribution in [2.24, 2.45) is 0 Å². The minimum atomic E-state index is -0.744. The predicted molar refractivity (Wildman–Crippen MR) is 107 cm³/mol. The van der Waals surface area contributed by atoms with Crippen LogP contribution in [-0.2, 0) is 4.79 Å². The van der Waals surface area contributed by atoms with Gasteiger partial charge in [0.15, 0.2) is 23.3 Å². The van der Waals surface area contributed by atoms with Crippen LogP contribution in [0.15, 0.2) is 41.0 Å². The summed E-state index contributed by atoms with van der Waals surface area (Å²) in [5, 5.41) is 10.4. The second-order valence-corrected chi connectivity index (χ2v) is 6.60. The Morgan fingerprint density at radius 3 is 2.34 bits per heavy atom. The zero-order valence-corrected chi connectivity index (χ0v) is 17.0. The smallest absolute Gasteiger partial charge is 0.266 e. The Bertz CT molecular complexity index is 995. The molecule has 0 saturated carbocycles. The molecule has 0 radical (unpaired) electrons. The Hall–Kier alpha value is -3.55. The van der Waals surface area contributed by atoms with Crippen LogP contribution in [0, 0.1) is 13.8 Å². The van der Waals surface area contributed by atoms with E-state index in [1.54, 1.807) is 32.2 Å². The van der Waals surface area contributed by atoms with E-state index in [-0.39, 0.29) is 11.7 Å². The van der Waals surface area contributed by atoms with Crippen molar-refractivity contribution in [3.8, 4) is 28.5 Å². The summed E-state index contributed by atoms with van der Waals surface area (Å²) < 4.78 is 21.2. The van der Waals surface area contributed by atoms with Crippen molar-refractivity contribution in [1.29, 1.82) is 0 Å². The number of hydrogen-bond donors (Lipinski definition) is 1. The first-order valence-electron chi connectivity index (χ1n) is 9.02. The molecule has 8 nitrogen and oxygen atoms in total. The molecule has 0 fully saturated rings. The molecule has 0 spiro atoms. The fourth-order valence-corrected chi connectivity index (χ4v) is 2.92. The van der Waals surface area contributed by atoms with Gasteiger partial charge in [0.05, 0.1) is 14.2 Å². The SMILES string of the molecule is COc1ccc(-c2nonc2NC(=O)[C@H](C)Oc2cc(C)cc(C)c2)cc1OC. The van der Waals surface area contributed by atoms with E-state index in [9.17, 15) is 4.79 Å². The second-order valence-electron chi connectivity index (χ2n) is 6.60. The number of rotatable bonds is 7. The predicted octanol–water partition coefficient (Wildman–Crippen LogP) is 3.78. The quantitative estimate of drug-likeness (QED) is 0.648. The summed E-state index contributed by atoms with van der Waals surface area (Å²) in [5.74, 6) is 1.55. The highest BCUT2D eigenvalue weighted by molar-refractivity contribution is 5.96. The first-order valence-corrected chi connectivity index (χ1v) is 9.02. The molecule has 152 valence electrons. The van der Waals surface area contributed by atoms with Gasteiger partial charge in [-0.2, -0.15) is 0 Å². The molecule has 2 aromatic carbocycles. The number of aromatic nitrogens is 2. The Balaban J connectivity index is 1.76. The number of nitrogens with zero attached hydrogens (tertiary/aromatic N) is 2. The number of aryl methyl sites for hydroxylation is 2. The fraction of sp³-hybridized carbons (Fsp3) is 0.286. The Morgan fingerprint density at radius 1 is 1.00 bits per heavy atom. The third-order valence-corrected chi connectivity index (χ3v) is 4.26. The summed E-state index contributed by atoms with van der Waals surface area (Å²) in [6.45, 7) is 5.61. The number of amides is 1. The second kappa shape index (κ2) is 8.64. The van der Waals surface area contributed by atoms with Gasteiger partial charge in [-0.1, -0.05) is 6.07 Å². The van der Waals surface area contributed by atoms with E-state index in [1.807, 2.05) is 32.0 Å². The van der Waals surface area contributed by atoms with E-state index >= 15 is 0 Å². The zero-order valence-electron chi connectivity index (χ0n) is 17.0. The van der Waals surface area contributed by atoms with Crippen LogP contribution in [0.2, 0.25) is 0 Å². The molecule has 1 N–H and O–H groups in total. The van der Waals surface area contributed by atoms with Crippen molar-refractivity contribution in [3.63, 3.8) is 0 Å². The van der Waals surface area contributed by atoms with E-state index in [0.717, 1.165) is 11.1 Å².